The summed E-state index contributed by atoms with van der Waals surface area (Å²) >= 11 is 0. The Balaban J connectivity index is 2.57. The van der Waals surface area contributed by atoms with Crippen molar-refractivity contribution in [3.05, 3.63) is 0 Å². The Labute approximate surface area is 81.9 Å². The largest absolute Gasteiger partial charge is 0.436 e. The average molecular weight is 202 g/mol. The number of primary amides is 1. The lowest BCUT2D eigenvalue weighted by Crippen LogP contribution is -2.40. The Morgan fingerprint density at radius 2 is 2.07 bits per heavy atom. The van der Waals surface area contributed by atoms with Crippen LogP contribution in [0.2, 0.25) is 0 Å². The fourth-order valence-electron chi connectivity index (χ4n) is 1.14. The molecular weight excluding hydrogens is 188 g/mol. The van der Waals surface area contributed by atoms with E-state index in [9.17, 15) is 9.59 Å². The van der Waals surface area contributed by atoms with Gasteiger partial charge in [0, 0.05) is 13.0 Å². The fourth-order valence-corrected chi connectivity index (χ4v) is 1.14. The number of amides is 2. The first-order valence-corrected chi connectivity index (χ1v) is 4.34. The van der Waals surface area contributed by atoms with Crippen LogP contribution in [0.1, 0.15) is 12.8 Å². The molecule has 1 atom stereocenters. The van der Waals surface area contributed by atoms with Gasteiger partial charge >= 0.3 is 6.09 Å². The van der Waals surface area contributed by atoms with Crippen LogP contribution in [0.5, 0.6) is 0 Å². The number of carbonyl (C=O) groups excluding carboxylic acids is 2. The summed E-state index contributed by atoms with van der Waals surface area (Å²) in [6.07, 6.45) is 0.0277. The molecule has 0 aromatic carbocycles. The van der Waals surface area contributed by atoms with Gasteiger partial charge in [0.1, 0.15) is 0 Å². The Bertz CT molecular complexity index is 239. The maximum atomic E-state index is 11.6. The van der Waals surface area contributed by atoms with E-state index in [1.54, 1.807) is 0 Å². The number of rotatable bonds is 4. The summed E-state index contributed by atoms with van der Waals surface area (Å²) < 4.78 is 4.73. The third-order valence-corrected chi connectivity index (χ3v) is 2.12. The van der Waals surface area contributed by atoms with Crippen molar-refractivity contribution >= 4 is 12.0 Å². The Hall–Kier alpha value is -1.30. The number of ether oxygens (including phenoxy) is 1. The summed E-state index contributed by atoms with van der Waals surface area (Å²) in [5.41, 5.74) is 4.87. The number of nitrogens with zero attached hydrogens (tertiary/aromatic N) is 1. The predicted molar refractivity (Wildman–Crippen MR) is 47.0 cm³/mol. The van der Waals surface area contributed by atoms with Crippen molar-refractivity contribution in [2.24, 2.45) is 11.7 Å². The fraction of sp³-hybridized carbons (Fsp3) is 0.750. The van der Waals surface area contributed by atoms with Crippen LogP contribution in [0.4, 0.5) is 4.79 Å². The van der Waals surface area contributed by atoms with Crippen molar-refractivity contribution in [1.82, 2.24) is 5.06 Å². The first-order valence-electron chi connectivity index (χ1n) is 4.34. The zero-order chi connectivity index (χ0) is 10.7. The Kier molecular flexibility index (Phi) is 3.29. The molecule has 0 radical (unpaired) electrons. The van der Waals surface area contributed by atoms with E-state index in [1.165, 1.54) is 14.2 Å². The van der Waals surface area contributed by atoms with E-state index >= 15 is 0 Å². The highest BCUT2D eigenvalue weighted by Gasteiger charge is 2.40. The zero-order valence-corrected chi connectivity index (χ0v) is 8.23. The van der Waals surface area contributed by atoms with E-state index in [-0.39, 0.29) is 11.8 Å². The highest BCUT2D eigenvalue weighted by atomic mass is 16.7. The summed E-state index contributed by atoms with van der Waals surface area (Å²) in [5, 5.41) is 1.03. The molecule has 0 aromatic heterocycles. The molecule has 0 bridgehead atoms. The van der Waals surface area contributed by atoms with Crippen molar-refractivity contribution in [2.45, 2.75) is 18.9 Å². The number of hydroxylamine groups is 2. The van der Waals surface area contributed by atoms with Gasteiger partial charge in [0.05, 0.1) is 7.11 Å². The number of nitrogens with two attached hydrogens (primary N) is 1. The van der Waals surface area contributed by atoms with Crippen LogP contribution in [0.3, 0.4) is 0 Å². The number of carbonyl (C=O) groups is 2. The first-order chi connectivity index (χ1) is 6.56. The van der Waals surface area contributed by atoms with E-state index in [1.807, 2.05) is 0 Å². The third kappa shape index (κ3) is 2.59. The second-order valence-electron chi connectivity index (χ2n) is 3.21. The van der Waals surface area contributed by atoms with E-state index in [4.69, 9.17) is 15.3 Å². The van der Waals surface area contributed by atoms with E-state index in [0.29, 0.717) is 0 Å². The van der Waals surface area contributed by atoms with E-state index in [0.717, 1.165) is 17.9 Å². The number of hydrogen-bond donors (Lipinski definition) is 1. The Morgan fingerprint density at radius 3 is 2.43 bits per heavy atom. The second-order valence-corrected chi connectivity index (χ2v) is 3.21. The lowest BCUT2D eigenvalue weighted by molar-refractivity contribution is -0.178. The van der Waals surface area contributed by atoms with Crippen molar-refractivity contribution in [1.29, 1.82) is 0 Å². The average Bonchev–Trinajstić information content (AvgIpc) is 2.94. The van der Waals surface area contributed by atoms with Gasteiger partial charge in [0.15, 0.2) is 6.10 Å². The van der Waals surface area contributed by atoms with Gasteiger partial charge in [0.25, 0.3) is 5.91 Å². The topological polar surface area (TPSA) is 81.9 Å². The smallest absolute Gasteiger partial charge is 0.405 e. The predicted octanol–water partition coefficient (Wildman–Crippen LogP) is -0.120. The molecule has 14 heavy (non-hydrogen) atoms. The summed E-state index contributed by atoms with van der Waals surface area (Å²) in [6.45, 7) is 0. The molecule has 0 aliphatic heterocycles. The maximum absolute atomic E-state index is 11.6. The molecule has 2 amide bonds. The SMILES string of the molecule is CON(C)C(=O)[C@@H](OC(N)=O)C1CC1. The van der Waals surface area contributed by atoms with Crippen molar-refractivity contribution in [2.75, 3.05) is 14.2 Å². The van der Waals surface area contributed by atoms with Gasteiger partial charge in [-0.2, -0.15) is 0 Å². The molecule has 0 unspecified atom stereocenters. The van der Waals surface area contributed by atoms with Gasteiger partial charge in [-0.15, -0.1) is 0 Å². The molecule has 0 aromatic rings. The minimum atomic E-state index is -0.931. The lowest BCUT2D eigenvalue weighted by Gasteiger charge is -2.20. The molecule has 0 saturated heterocycles. The van der Waals surface area contributed by atoms with Gasteiger partial charge in [-0.1, -0.05) is 0 Å². The minimum Gasteiger partial charge on any atom is -0.436 e. The van der Waals surface area contributed by atoms with Crippen molar-refractivity contribution in [3.63, 3.8) is 0 Å². The third-order valence-electron chi connectivity index (χ3n) is 2.12. The zero-order valence-electron chi connectivity index (χ0n) is 8.23. The summed E-state index contributed by atoms with van der Waals surface area (Å²) in [5.74, 6) is -0.290. The van der Waals surface area contributed by atoms with Crippen LogP contribution in [-0.2, 0) is 14.4 Å². The maximum Gasteiger partial charge on any atom is 0.405 e. The number of hydrogen-bond acceptors (Lipinski definition) is 4. The summed E-state index contributed by atoms with van der Waals surface area (Å²) in [4.78, 5) is 26.8. The molecule has 6 heteroatoms. The molecule has 1 rings (SSSR count). The second kappa shape index (κ2) is 4.28. The minimum absolute atomic E-state index is 0.0904. The van der Waals surface area contributed by atoms with E-state index in [2.05, 4.69) is 0 Å². The van der Waals surface area contributed by atoms with Gasteiger partial charge in [0.2, 0.25) is 0 Å². The molecule has 1 aliphatic carbocycles. The van der Waals surface area contributed by atoms with Gasteiger partial charge in [-0.3, -0.25) is 9.63 Å². The van der Waals surface area contributed by atoms with Crippen LogP contribution in [0.15, 0.2) is 0 Å². The molecular formula is C8H14N2O4. The van der Waals surface area contributed by atoms with Crippen LogP contribution in [0.25, 0.3) is 0 Å². The highest BCUT2D eigenvalue weighted by Crippen LogP contribution is 2.35. The number of likely N-dealkylation sites (N-methyl/N-ethyl adjacent to an activating group) is 1. The standard InChI is InChI=1S/C8H14N2O4/c1-10(13-2)7(11)6(5-3-4-5)14-8(9)12/h5-6H,3-4H2,1-2H3,(H2,9,12)/t6-/m0/s1. The molecule has 1 fully saturated rings. The van der Waals surface area contributed by atoms with Gasteiger partial charge in [-0.05, 0) is 12.8 Å². The summed E-state index contributed by atoms with van der Waals surface area (Å²) in [6, 6.07) is 0. The molecule has 0 spiro atoms. The molecule has 1 saturated carbocycles. The van der Waals surface area contributed by atoms with Crippen LogP contribution in [-0.4, -0.2) is 37.3 Å². The first kappa shape index (κ1) is 10.8. The normalized spacial score (nSPS) is 17.3. The van der Waals surface area contributed by atoms with Crippen LogP contribution >= 0.6 is 0 Å². The molecule has 80 valence electrons. The molecule has 6 nitrogen and oxygen atoms in total. The highest BCUT2D eigenvalue weighted by molar-refractivity contribution is 5.82. The van der Waals surface area contributed by atoms with Gasteiger partial charge < -0.3 is 10.5 Å². The quantitative estimate of drug-likeness (QED) is 0.644. The van der Waals surface area contributed by atoms with Crippen molar-refractivity contribution in [3.8, 4) is 0 Å². The van der Waals surface area contributed by atoms with Gasteiger partial charge in [-0.25, -0.2) is 9.86 Å². The van der Waals surface area contributed by atoms with Crippen molar-refractivity contribution < 1.29 is 19.2 Å². The molecule has 1 aliphatic rings. The van der Waals surface area contributed by atoms with E-state index < -0.39 is 12.2 Å². The lowest BCUT2D eigenvalue weighted by atomic mass is 10.2. The summed E-state index contributed by atoms with van der Waals surface area (Å²) in [7, 11) is 2.83. The monoisotopic (exact) mass is 202 g/mol. The Morgan fingerprint density at radius 1 is 1.50 bits per heavy atom. The van der Waals surface area contributed by atoms with Crippen LogP contribution in [0, 0.1) is 5.92 Å². The molecule has 2 N–H and O–H groups in total. The molecule has 0 heterocycles. The van der Waals surface area contributed by atoms with Crippen LogP contribution < -0.4 is 5.73 Å².